The van der Waals surface area contributed by atoms with Crippen LogP contribution in [0.3, 0.4) is 0 Å². The lowest BCUT2D eigenvalue weighted by Gasteiger charge is -2.38. The van der Waals surface area contributed by atoms with E-state index in [1.165, 1.54) is 6.07 Å². The highest BCUT2D eigenvalue weighted by molar-refractivity contribution is 6.36. The molecule has 4 aliphatic rings. The molecule has 0 spiro atoms. The topological polar surface area (TPSA) is 78.5 Å². The number of imide groups is 1. The van der Waals surface area contributed by atoms with Crippen molar-refractivity contribution in [2.45, 2.75) is 12.8 Å². The number of hydrogen-bond donors (Lipinski definition) is 2. The minimum atomic E-state index is -0.550. The highest BCUT2D eigenvalue weighted by Gasteiger charge is 2.56. The van der Waals surface area contributed by atoms with E-state index in [0.717, 1.165) is 17.7 Å². The minimum Gasteiger partial charge on any atom is -0.320 e. The second kappa shape index (κ2) is 6.59. The number of anilines is 1. The van der Waals surface area contributed by atoms with Crippen molar-refractivity contribution in [3.8, 4) is 0 Å². The molecule has 1 heterocycles. The van der Waals surface area contributed by atoms with E-state index in [9.17, 15) is 14.4 Å². The molecule has 0 aromatic heterocycles. The predicted octanol–water partition coefficient (Wildman–Crippen LogP) is 3.27. The standard InChI is InChI=1S/C18H17Cl2N3O3/c19-11-5-6-13(12(20)7-11)22-18(26)21-8-23-16(24)14-9-1-2-10(4-3-9)15(14)17(23)25/h1-2,5-7,9-10,14-15H,3-4,8H2,(H2,21,22,26)/t9-,10-,14-,15-/m0/s1. The second-order valence-electron chi connectivity index (χ2n) is 6.86. The van der Waals surface area contributed by atoms with Crippen LogP contribution in [-0.4, -0.2) is 29.4 Å². The number of rotatable bonds is 3. The van der Waals surface area contributed by atoms with Crippen LogP contribution >= 0.6 is 23.2 Å². The molecular formula is C18H17Cl2N3O3. The highest BCUT2D eigenvalue weighted by Crippen LogP contribution is 2.49. The molecule has 1 aromatic carbocycles. The van der Waals surface area contributed by atoms with Crippen LogP contribution in [0.5, 0.6) is 0 Å². The minimum absolute atomic E-state index is 0.133. The Balaban J connectivity index is 1.40. The Bertz CT molecular complexity index is 794. The summed E-state index contributed by atoms with van der Waals surface area (Å²) < 4.78 is 0. The molecule has 26 heavy (non-hydrogen) atoms. The third-order valence-electron chi connectivity index (χ3n) is 5.43. The Kier molecular flexibility index (Phi) is 4.40. The third kappa shape index (κ3) is 2.87. The van der Waals surface area contributed by atoms with Gasteiger partial charge in [-0.3, -0.25) is 14.5 Å². The molecule has 136 valence electrons. The summed E-state index contributed by atoms with van der Waals surface area (Å²) >= 11 is 11.8. The maximum Gasteiger partial charge on any atom is 0.320 e. The molecule has 5 rings (SSSR count). The van der Waals surface area contributed by atoms with Gasteiger partial charge in [-0.05, 0) is 42.9 Å². The Morgan fingerprint density at radius 3 is 2.23 bits per heavy atom. The lowest BCUT2D eigenvalue weighted by Crippen LogP contribution is -2.43. The van der Waals surface area contributed by atoms with E-state index in [0.29, 0.717) is 15.7 Å². The van der Waals surface area contributed by atoms with Crippen molar-refractivity contribution in [1.82, 2.24) is 10.2 Å². The zero-order valence-electron chi connectivity index (χ0n) is 13.7. The van der Waals surface area contributed by atoms with Crippen LogP contribution in [0, 0.1) is 23.7 Å². The molecule has 6 nitrogen and oxygen atoms in total. The molecular weight excluding hydrogens is 377 g/mol. The summed E-state index contributed by atoms with van der Waals surface area (Å²) in [7, 11) is 0. The largest absolute Gasteiger partial charge is 0.320 e. The van der Waals surface area contributed by atoms with Crippen molar-refractivity contribution in [2.24, 2.45) is 23.7 Å². The quantitative estimate of drug-likeness (QED) is 0.610. The molecule has 2 bridgehead atoms. The summed E-state index contributed by atoms with van der Waals surface area (Å²) in [6.45, 7) is -0.152. The molecule has 0 unspecified atom stereocenters. The number of carbonyl (C=O) groups excluding carboxylic acids is 3. The first-order valence-electron chi connectivity index (χ1n) is 8.49. The van der Waals surface area contributed by atoms with Crippen molar-refractivity contribution in [3.63, 3.8) is 0 Å². The Hall–Kier alpha value is -2.05. The number of benzene rings is 1. The van der Waals surface area contributed by atoms with Gasteiger partial charge in [-0.2, -0.15) is 0 Å². The smallest absolute Gasteiger partial charge is 0.320 e. The van der Waals surface area contributed by atoms with Gasteiger partial charge in [0.25, 0.3) is 0 Å². The molecule has 8 heteroatoms. The van der Waals surface area contributed by atoms with Gasteiger partial charge in [0, 0.05) is 5.02 Å². The van der Waals surface area contributed by atoms with Gasteiger partial charge in [0.05, 0.1) is 22.5 Å². The van der Waals surface area contributed by atoms with E-state index in [2.05, 4.69) is 22.8 Å². The molecule has 4 amide bonds. The van der Waals surface area contributed by atoms with Crippen molar-refractivity contribution < 1.29 is 14.4 Å². The summed E-state index contributed by atoms with van der Waals surface area (Å²) in [4.78, 5) is 38.6. The van der Waals surface area contributed by atoms with Gasteiger partial charge < -0.3 is 10.6 Å². The Morgan fingerprint density at radius 1 is 1.08 bits per heavy atom. The van der Waals surface area contributed by atoms with E-state index >= 15 is 0 Å². The number of fused-ring (bicyclic) bond motifs is 1. The van der Waals surface area contributed by atoms with Crippen molar-refractivity contribution >= 4 is 46.7 Å². The number of carbonyl (C=O) groups is 3. The molecule has 4 atom stereocenters. The van der Waals surface area contributed by atoms with Gasteiger partial charge in [0.2, 0.25) is 11.8 Å². The van der Waals surface area contributed by atoms with E-state index in [1.54, 1.807) is 12.1 Å². The summed E-state index contributed by atoms with van der Waals surface area (Å²) in [5, 5.41) is 5.90. The number of urea groups is 1. The van der Waals surface area contributed by atoms with Crippen molar-refractivity contribution in [2.75, 3.05) is 12.0 Å². The molecule has 3 aliphatic carbocycles. The van der Waals surface area contributed by atoms with Gasteiger partial charge in [-0.25, -0.2) is 4.79 Å². The molecule has 0 radical (unpaired) electrons. The van der Waals surface area contributed by atoms with Crippen LogP contribution in [0.15, 0.2) is 30.4 Å². The first kappa shape index (κ1) is 17.4. The number of nitrogens with one attached hydrogen (secondary N) is 2. The number of hydrogen-bond acceptors (Lipinski definition) is 3. The summed E-state index contributed by atoms with van der Waals surface area (Å²) in [6, 6.07) is 4.14. The summed E-state index contributed by atoms with van der Waals surface area (Å²) in [6.07, 6.45) is 6.01. The fourth-order valence-electron chi connectivity index (χ4n) is 4.20. The van der Waals surface area contributed by atoms with Crippen LogP contribution in [0.4, 0.5) is 10.5 Å². The highest BCUT2D eigenvalue weighted by atomic mass is 35.5. The zero-order valence-corrected chi connectivity index (χ0v) is 15.3. The SMILES string of the molecule is O=C(NCN1C(=O)[C@@H]2[C@@H](C1=O)[C@H]1C=C[C@H]2CC1)Nc1ccc(Cl)cc1Cl. The van der Waals surface area contributed by atoms with E-state index < -0.39 is 6.03 Å². The zero-order chi connectivity index (χ0) is 18.4. The second-order valence-corrected chi connectivity index (χ2v) is 7.70. The fourth-order valence-corrected chi connectivity index (χ4v) is 4.66. The van der Waals surface area contributed by atoms with Crippen LogP contribution < -0.4 is 10.6 Å². The van der Waals surface area contributed by atoms with Gasteiger partial charge in [-0.1, -0.05) is 35.4 Å². The first-order valence-corrected chi connectivity index (χ1v) is 9.25. The lowest BCUT2D eigenvalue weighted by atomic mass is 9.63. The lowest BCUT2D eigenvalue weighted by molar-refractivity contribution is -0.140. The summed E-state index contributed by atoms with van der Waals surface area (Å²) in [5.74, 6) is -0.669. The Morgan fingerprint density at radius 2 is 1.69 bits per heavy atom. The monoisotopic (exact) mass is 393 g/mol. The van der Waals surface area contributed by atoms with E-state index in [1.807, 2.05) is 0 Å². The van der Waals surface area contributed by atoms with E-state index in [4.69, 9.17) is 23.2 Å². The molecule has 1 aromatic rings. The summed E-state index contributed by atoms with van der Waals surface area (Å²) in [5.41, 5.74) is 0.392. The van der Waals surface area contributed by atoms with Crippen molar-refractivity contribution in [3.05, 3.63) is 40.4 Å². The fraction of sp³-hybridized carbons (Fsp3) is 0.389. The Labute approximate surface area is 160 Å². The van der Waals surface area contributed by atoms with Crippen LogP contribution in [0.2, 0.25) is 10.0 Å². The van der Waals surface area contributed by atoms with E-state index in [-0.39, 0.29) is 42.2 Å². The normalized spacial score (nSPS) is 29.1. The number of amides is 4. The third-order valence-corrected chi connectivity index (χ3v) is 5.98. The molecule has 2 N–H and O–H groups in total. The maximum absolute atomic E-state index is 12.7. The van der Waals surface area contributed by atoms with Gasteiger partial charge in [0.1, 0.15) is 6.67 Å². The molecule has 2 fully saturated rings. The first-order chi connectivity index (χ1) is 12.5. The van der Waals surface area contributed by atoms with Crippen molar-refractivity contribution in [1.29, 1.82) is 0 Å². The van der Waals surface area contributed by atoms with Gasteiger partial charge >= 0.3 is 6.03 Å². The molecule has 1 aliphatic heterocycles. The van der Waals surface area contributed by atoms with Gasteiger partial charge in [-0.15, -0.1) is 0 Å². The molecule has 1 saturated heterocycles. The van der Waals surface area contributed by atoms with Crippen LogP contribution in [0.25, 0.3) is 0 Å². The average Bonchev–Trinajstić information content (AvgIpc) is 2.90. The average molecular weight is 394 g/mol. The van der Waals surface area contributed by atoms with Crippen LogP contribution in [0.1, 0.15) is 12.8 Å². The maximum atomic E-state index is 12.7. The number of allylic oxidation sites excluding steroid dienone is 2. The predicted molar refractivity (Wildman–Crippen MR) is 97.7 cm³/mol. The van der Waals surface area contributed by atoms with Crippen LogP contribution in [-0.2, 0) is 9.59 Å². The number of halogens is 2. The molecule has 1 saturated carbocycles. The number of likely N-dealkylation sites (tertiary alicyclic amines) is 1. The van der Waals surface area contributed by atoms with Gasteiger partial charge in [0.15, 0.2) is 0 Å². The number of nitrogens with zero attached hydrogens (tertiary/aromatic N) is 1.